The Morgan fingerprint density at radius 1 is 1.14 bits per heavy atom. The second kappa shape index (κ2) is 9.95. The van der Waals surface area contributed by atoms with Crippen LogP contribution in [0.25, 0.3) is 0 Å². The van der Waals surface area contributed by atoms with Crippen molar-refractivity contribution in [3.63, 3.8) is 0 Å². The number of benzene rings is 3. The first kappa shape index (κ1) is 24.5. The molecule has 3 amide bonds. The number of hydrogen-bond donors (Lipinski definition) is 1. The molecule has 0 spiro atoms. The van der Waals surface area contributed by atoms with Crippen molar-refractivity contribution in [3.05, 3.63) is 101 Å². The van der Waals surface area contributed by atoms with Gasteiger partial charge < -0.3 is 5.73 Å². The van der Waals surface area contributed by atoms with Crippen molar-refractivity contribution in [1.29, 1.82) is 0 Å². The molecule has 2 N–H and O–H groups in total. The van der Waals surface area contributed by atoms with Crippen LogP contribution < -0.4 is 15.7 Å². The van der Waals surface area contributed by atoms with Crippen molar-refractivity contribution in [2.45, 2.75) is 19.5 Å². The molecule has 36 heavy (non-hydrogen) atoms. The monoisotopic (exact) mass is 486 g/mol. The van der Waals surface area contributed by atoms with E-state index in [1.165, 1.54) is 18.2 Å². The maximum absolute atomic E-state index is 15.1. The normalized spacial score (nSPS) is 16.9. The van der Waals surface area contributed by atoms with Crippen molar-refractivity contribution in [3.8, 4) is 0 Å². The lowest BCUT2D eigenvalue weighted by molar-refractivity contribution is -0.129. The van der Waals surface area contributed by atoms with Crippen LogP contribution in [0.3, 0.4) is 0 Å². The molecule has 1 aliphatic rings. The molecule has 0 bridgehead atoms. The first-order valence-corrected chi connectivity index (χ1v) is 11.1. The number of nitrogens with two attached hydrogens (primary N) is 1. The number of fused-ring (bicyclic) bond motifs is 1. The van der Waals surface area contributed by atoms with Crippen LogP contribution >= 0.6 is 0 Å². The number of aliphatic imine (C=N–C) groups is 1. The predicted octanol–water partition coefficient (Wildman–Crippen LogP) is 3.94. The molecule has 9 heteroatoms. The summed E-state index contributed by atoms with van der Waals surface area (Å²) in [5.41, 5.74) is 5.04. The van der Waals surface area contributed by atoms with Crippen molar-refractivity contribution in [1.82, 2.24) is 0 Å². The van der Waals surface area contributed by atoms with E-state index in [0.717, 1.165) is 21.6 Å². The topological polar surface area (TPSA) is 105 Å². The molecule has 1 atom stereocenters. The van der Waals surface area contributed by atoms with Crippen molar-refractivity contribution < 1.29 is 23.6 Å². The van der Waals surface area contributed by atoms with Gasteiger partial charge in [0.1, 0.15) is 11.8 Å². The van der Waals surface area contributed by atoms with E-state index >= 15 is 4.39 Å². The molecule has 182 valence electrons. The van der Waals surface area contributed by atoms with Crippen molar-refractivity contribution >= 4 is 35.0 Å². The molecule has 0 fully saturated rings. The number of hydrogen-bond acceptors (Lipinski definition) is 5. The lowest BCUT2D eigenvalue weighted by Gasteiger charge is -2.37. The van der Waals surface area contributed by atoms with Gasteiger partial charge in [-0.25, -0.2) is 19.0 Å². The van der Waals surface area contributed by atoms with E-state index < -0.39 is 23.4 Å². The first-order chi connectivity index (χ1) is 17.3. The molecule has 4 rings (SSSR count). The van der Waals surface area contributed by atoms with Crippen LogP contribution in [-0.2, 0) is 14.4 Å². The lowest BCUT2D eigenvalue weighted by Crippen LogP contribution is -2.61. The van der Waals surface area contributed by atoms with Gasteiger partial charge in [0.25, 0.3) is 5.66 Å². The molecule has 0 saturated heterocycles. The number of rotatable bonds is 6. The van der Waals surface area contributed by atoms with E-state index in [4.69, 9.17) is 10.6 Å². The standard InChI is InChI=1S/C27H23FN4O4/c1-3-36-32-23-14-7-5-12-21(23)24(20-11-4-6-13-22(20)28)30-27(15-16-33,25(32)34)31(26(29)35)19-10-8-9-18(2)17-19/h4-15,17H,3H2,1-2H3,(H2,29,35). The minimum atomic E-state index is -2.38. The van der Waals surface area contributed by atoms with Crippen LogP contribution in [0.5, 0.6) is 0 Å². The summed E-state index contributed by atoms with van der Waals surface area (Å²) in [4.78, 5) is 50.2. The SMILES string of the molecule is CCON1C(=O)C(C=C=O)(N(C(N)=O)c2cccc(C)c2)N=C(c2ccccc2F)c2ccccc21. The first-order valence-electron chi connectivity index (χ1n) is 11.1. The summed E-state index contributed by atoms with van der Waals surface area (Å²) >= 11 is 0. The molecule has 0 radical (unpaired) electrons. The highest BCUT2D eigenvalue weighted by atomic mass is 19.1. The zero-order chi connectivity index (χ0) is 25.9. The summed E-state index contributed by atoms with van der Waals surface area (Å²) in [6.45, 7) is 3.52. The quantitative estimate of drug-likeness (QED) is 0.533. The number of para-hydroxylation sites is 1. The molecule has 3 aromatic carbocycles. The molecule has 0 aliphatic carbocycles. The van der Waals surface area contributed by atoms with Crippen LogP contribution in [0.2, 0.25) is 0 Å². The number of anilines is 2. The minimum Gasteiger partial charge on any atom is -0.351 e. The van der Waals surface area contributed by atoms with Gasteiger partial charge in [0.15, 0.2) is 0 Å². The van der Waals surface area contributed by atoms with Gasteiger partial charge in [-0.05, 0) is 49.7 Å². The molecule has 1 heterocycles. The largest absolute Gasteiger partial charge is 0.351 e. The maximum Gasteiger partial charge on any atom is 0.321 e. The number of carbonyl (C=O) groups is 2. The van der Waals surface area contributed by atoms with Crippen molar-refractivity contribution in [2.75, 3.05) is 16.6 Å². The Bertz CT molecular complexity index is 1420. The fourth-order valence-corrected chi connectivity index (χ4v) is 4.15. The fourth-order valence-electron chi connectivity index (χ4n) is 4.15. The highest BCUT2D eigenvalue weighted by Crippen LogP contribution is 2.37. The van der Waals surface area contributed by atoms with Crippen LogP contribution in [0.15, 0.2) is 83.9 Å². The highest BCUT2D eigenvalue weighted by molar-refractivity contribution is 6.22. The van der Waals surface area contributed by atoms with Gasteiger partial charge in [-0.3, -0.25) is 14.5 Å². The predicted molar refractivity (Wildman–Crippen MR) is 134 cm³/mol. The number of primary amides is 1. The zero-order valence-electron chi connectivity index (χ0n) is 19.6. The Morgan fingerprint density at radius 2 is 1.83 bits per heavy atom. The highest BCUT2D eigenvalue weighted by Gasteiger charge is 2.51. The third-order valence-corrected chi connectivity index (χ3v) is 5.63. The molecular weight excluding hydrogens is 463 g/mol. The summed E-state index contributed by atoms with van der Waals surface area (Å²) < 4.78 is 15.1. The second-order valence-corrected chi connectivity index (χ2v) is 7.98. The molecule has 1 aliphatic heterocycles. The average Bonchev–Trinajstić information content (AvgIpc) is 2.95. The third kappa shape index (κ3) is 4.17. The number of benzodiazepines with no additional fused rings is 1. The number of hydroxylamine groups is 1. The number of urea groups is 1. The van der Waals surface area contributed by atoms with Gasteiger partial charge in [-0.1, -0.05) is 42.5 Å². The Balaban J connectivity index is 2.16. The van der Waals surface area contributed by atoms with Crippen LogP contribution in [0.4, 0.5) is 20.6 Å². The van der Waals surface area contributed by atoms with E-state index in [-0.39, 0.29) is 29.3 Å². The fraction of sp³-hybridized carbons (Fsp3) is 0.148. The Morgan fingerprint density at radius 3 is 2.47 bits per heavy atom. The van der Waals surface area contributed by atoms with Gasteiger partial charge in [0.2, 0.25) is 0 Å². The van der Waals surface area contributed by atoms with Crippen LogP contribution in [0, 0.1) is 12.7 Å². The Hall–Kier alpha value is -4.59. The minimum absolute atomic E-state index is 0.0182. The molecule has 0 aromatic heterocycles. The summed E-state index contributed by atoms with van der Waals surface area (Å²) in [6.07, 6.45) is 0.793. The molecule has 1 unspecified atom stereocenters. The number of amides is 3. The second-order valence-electron chi connectivity index (χ2n) is 7.98. The van der Waals surface area contributed by atoms with E-state index in [2.05, 4.69) is 4.99 Å². The summed E-state index contributed by atoms with van der Waals surface area (Å²) in [7, 11) is 0. The van der Waals surface area contributed by atoms with Gasteiger partial charge >= 0.3 is 11.9 Å². The average molecular weight is 487 g/mol. The summed E-state index contributed by atoms with van der Waals surface area (Å²) in [6, 6.07) is 18.0. The lowest BCUT2D eigenvalue weighted by atomic mass is 9.99. The van der Waals surface area contributed by atoms with Gasteiger partial charge in [-0.15, -0.1) is 0 Å². The third-order valence-electron chi connectivity index (χ3n) is 5.63. The Labute approximate surface area is 207 Å². The van der Waals surface area contributed by atoms with Gasteiger partial charge in [0, 0.05) is 16.8 Å². The van der Waals surface area contributed by atoms with E-state index in [0.29, 0.717) is 5.56 Å². The van der Waals surface area contributed by atoms with E-state index in [9.17, 15) is 14.4 Å². The number of nitrogens with zero attached hydrogens (tertiary/aromatic N) is 3. The Kier molecular flexibility index (Phi) is 6.78. The van der Waals surface area contributed by atoms with Crippen molar-refractivity contribution in [2.24, 2.45) is 10.7 Å². The zero-order valence-corrected chi connectivity index (χ0v) is 19.6. The number of halogens is 1. The molecule has 0 saturated carbocycles. The van der Waals surface area contributed by atoms with E-state index in [1.807, 2.05) is 0 Å². The maximum atomic E-state index is 15.1. The van der Waals surface area contributed by atoms with E-state index in [1.54, 1.807) is 74.4 Å². The smallest absolute Gasteiger partial charge is 0.321 e. The molecule has 8 nitrogen and oxygen atoms in total. The van der Waals surface area contributed by atoms with Crippen LogP contribution in [0.1, 0.15) is 23.6 Å². The van der Waals surface area contributed by atoms with Gasteiger partial charge in [0.05, 0.1) is 24.1 Å². The summed E-state index contributed by atoms with van der Waals surface area (Å²) in [5.74, 6) is 0.0764. The molecular formula is C27H23FN4O4. The molecule has 3 aromatic rings. The number of carbonyl (C=O) groups excluding carboxylic acids is 3. The number of aryl methyl sites for hydroxylation is 1. The van der Waals surface area contributed by atoms with Gasteiger partial charge in [-0.2, -0.15) is 5.06 Å². The summed E-state index contributed by atoms with van der Waals surface area (Å²) in [5, 5.41) is 0.951. The van der Waals surface area contributed by atoms with Crippen LogP contribution in [-0.4, -0.2) is 35.9 Å².